The second-order valence-electron chi connectivity index (χ2n) is 8.98. The molecule has 3 heterocycles. The Kier molecular flexibility index (Phi) is 6.86. The topological polar surface area (TPSA) is 154 Å². The summed E-state index contributed by atoms with van der Waals surface area (Å²) in [6.45, 7) is 3.88. The van der Waals surface area contributed by atoms with Gasteiger partial charge in [-0.15, -0.1) is 0 Å². The Morgan fingerprint density at radius 2 is 1.89 bits per heavy atom. The fraction of sp³-hybridized carbons (Fsp3) is 0.333. The van der Waals surface area contributed by atoms with Gasteiger partial charge in [-0.25, -0.2) is 9.78 Å². The van der Waals surface area contributed by atoms with Crippen LogP contribution in [0.1, 0.15) is 25.8 Å². The molecule has 3 N–H and O–H groups in total. The molecule has 0 aliphatic carbocycles. The lowest BCUT2D eigenvalue weighted by atomic mass is 10.1. The number of anilines is 2. The molecular weight excluding hydrogens is 464 g/mol. The molecule has 1 amide bonds. The minimum absolute atomic E-state index is 0.114. The largest absolute Gasteiger partial charge is 0.383 e. The van der Waals surface area contributed by atoms with Crippen molar-refractivity contribution in [1.82, 2.24) is 28.9 Å². The van der Waals surface area contributed by atoms with Crippen LogP contribution in [-0.4, -0.2) is 41.3 Å². The minimum atomic E-state index is -0.771. The van der Waals surface area contributed by atoms with Gasteiger partial charge in [-0.05, 0) is 17.9 Å². The van der Waals surface area contributed by atoms with E-state index in [9.17, 15) is 19.2 Å². The minimum Gasteiger partial charge on any atom is -0.383 e. The maximum absolute atomic E-state index is 13.5. The van der Waals surface area contributed by atoms with E-state index in [1.54, 1.807) is 7.05 Å². The van der Waals surface area contributed by atoms with E-state index < -0.39 is 22.7 Å². The molecule has 0 bridgehead atoms. The first-order valence-electron chi connectivity index (χ1n) is 11.5. The molecule has 36 heavy (non-hydrogen) atoms. The number of fused-ring (bicyclic) bond motifs is 1. The molecule has 0 saturated carbocycles. The van der Waals surface area contributed by atoms with E-state index in [0.29, 0.717) is 12.1 Å². The summed E-state index contributed by atoms with van der Waals surface area (Å²) in [5.41, 5.74) is 5.53. The average molecular weight is 493 g/mol. The number of aromatic nitrogens is 6. The van der Waals surface area contributed by atoms with Gasteiger partial charge < -0.3 is 10.6 Å². The molecule has 12 heteroatoms. The third kappa shape index (κ3) is 4.83. The summed E-state index contributed by atoms with van der Waals surface area (Å²) in [7, 11) is 1.66. The molecule has 0 unspecified atom stereocenters. The van der Waals surface area contributed by atoms with E-state index in [4.69, 9.17) is 5.73 Å². The van der Waals surface area contributed by atoms with Gasteiger partial charge in [0, 0.05) is 13.6 Å². The molecule has 188 valence electrons. The van der Waals surface area contributed by atoms with Crippen molar-refractivity contribution in [2.45, 2.75) is 33.4 Å². The summed E-state index contributed by atoms with van der Waals surface area (Å²) in [5, 5.41) is 4.31. The fourth-order valence-electron chi connectivity index (χ4n) is 3.92. The second-order valence-corrected chi connectivity index (χ2v) is 8.98. The lowest BCUT2D eigenvalue weighted by Gasteiger charge is -2.25. The van der Waals surface area contributed by atoms with Crippen molar-refractivity contribution in [3.8, 4) is 0 Å². The van der Waals surface area contributed by atoms with Crippen LogP contribution in [0.15, 0.2) is 57.2 Å². The number of nitrogen functional groups attached to an aromatic ring is 1. The van der Waals surface area contributed by atoms with Crippen LogP contribution >= 0.6 is 0 Å². The Balaban J connectivity index is 1.75. The highest BCUT2D eigenvalue weighted by molar-refractivity contribution is 5.95. The molecule has 0 radical (unpaired) electrons. The summed E-state index contributed by atoms with van der Waals surface area (Å²) >= 11 is 0. The molecule has 0 saturated heterocycles. The van der Waals surface area contributed by atoms with Crippen molar-refractivity contribution < 1.29 is 4.79 Å². The third-order valence-electron chi connectivity index (χ3n) is 5.92. The van der Waals surface area contributed by atoms with Crippen LogP contribution in [0.2, 0.25) is 0 Å². The van der Waals surface area contributed by atoms with Crippen molar-refractivity contribution in [3.05, 3.63) is 79.6 Å². The highest BCUT2D eigenvalue weighted by Gasteiger charge is 2.25. The van der Waals surface area contributed by atoms with Crippen molar-refractivity contribution >= 4 is 28.4 Å². The number of nitrogens with one attached hydrogen (secondary N) is 1. The SMILES string of the molecule is CC(C)CCN(C(=O)Cn1cnc2c(cnn2C)c1=O)c1c(N)n(Cc2ccccc2)c(=O)[nH]c1=O. The van der Waals surface area contributed by atoms with Crippen molar-refractivity contribution in [2.75, 3.05) is 17.2 Å². The number of amides is 1. The lowest BCUT2D eigenvalue weighted by molar-refractivity contribution is -0.119. The number of benzene rings is 1. The first-order chi connectivity index (χ1) is 17.2. The Morgan fingerprint density at radius 1 is 1.17 bits per heavy atom. The molecule has 0 atom stereocenters. The Labute approximate surface area is 205 Å². The summed E-state index contributed by atoms with van der Waals surface area (Å²) in [4.78, 5) is 59.7. The van der Waals surface area contributed by atoms with Crippen LogP contribution < -0.4 is 27.4 Å². The molecule has 0 spiro atoms. The number of nitrogens with zero attached hydrogens (tertiary/aromatic N) is 6. The van der Waals surface area contributed by atoms with E-state index in [0.717, 1.165) is 5.56 Å². The van der Waals surface area contributed by atoms with Gasteiger partial charge in [0.1, 0.15) is 24.1 Å². The first-order valence-corrected chi connectivity index (χ1v) is 11.5. The number of H-pyrrole nitrogens is 1. The van der Waals surface area contributed by atoms with Gasteiger partial charge in [0.2, 0.25) is 5.91 Å². The molecule has 4 aromatic rings. The van der Waals surface area contributed by atoms with Gasteiger partial charge in [-0.3, -0.25) is 33.2 Å². The van der Waals surface area contributed by atoms with E-state index in [1.165, 1.54) is 31.2 Å². The zero-order valence-electron chi connectivity index (χ0n) is 20.3. The summed E-state index contributed by atoms with van der Waals surface area (Å²) in [6, 6.07) is 9.15. The van der Waals surface area contributed by atoms with Crippen molar-refractivity contribution in [2.24, 2.45) is 13.0 Å². The van der Waals surface area contributed by atoms with E-state index in [1.807, 2.05) is 44.2 Å². The molecule has 0 fully saturated rings. The van der Waals surface area contributed by atoms with Gasteiger partial charge in [0.25, 0.3) is 11.1 Å². The van der Waals surface area contributed by atoms with Crippen LogP contribution in [0.25, 0.3) is 11.0 Å². The molecule has 0 aliphatic heterocycles. The van der Waals surface area contributed by atoms with Crippen molar-refractivity contribution in [1.29, 1.82) is 0 Å². The summed E-state index contributed by atoms with van der Waals surface area (Å²) in [6.07, 6.45) is 3.23. The predicted octanol–water partition coefficient (Wildman–Crippen LogP) is 0.690. The zero-order chi connectivity index (χ0) is 26.0. The number of nitrogens with two attached hydrogens (primary N) is 1. The zero-order valence-corrected chi connectivity index (χ0v) is 20.3. The van der Waals surface area contributed by atoms with Gasteiger partial charge >= 0.3 is 5.69 Å². The van der Waals surface area contributed by atoms with E-state index >= 15 is 0 Å². The van der Waals surface area contributed by atoms with Crippen LogP contribution in [0.5, 0.6) is 0 Å². The highest BCUT2D eigenvalue weighted by Crippen LogP contribution is 2.20. The second kappa shape index (κ2) is 10.0. The van der Waals surface area contributed by atoms with Crippen LogP contribution in [0, 0.1) is 5.92 Å². The van der Waals surface area contributed by atoms with Crippen LogP contribution in [0.3, 0.4) is 0 Å². The first kappa shape index (κ1) is 24.6. The quantitative estimate of drug-likeness (QED) is 0.367. The number of aryl methyl sites for hydroxylation is 1. The number of carbonyl (C=O) groups excluding carboxylic acids is 1. The number of rotatable bonds is 8. The Hall–Kier alpha value is -4.48. The van der Waals surface area contributed by atoms with Crippen LogP contribution in [-0.2, 0) is 24.9 Å². The average Bonchev–Trinajstić information content (AvgIpc) is 3.22. The van der Waals surface area contributed by atoms with Gasteiger partial charge in [-0.2, -0.15) is 5.10 Å². The third-order valence-corrected chi connectivity index (χ3v) is 5.92. The summed E-state index contributed by atoms with van der Waals surface area (Å²) in [5.74, 6) is -0.449. The smallest absolute Gasteiger partial charge is 0.330 e. The summed E-state index contributed by atoms with van der Waals surface area (Å²) < 4.78 is 3.85. The van der Waals surface area contributed by atoms with E-state index in [2.05, 4.69) is 15.1 Å². The molecule has 3 aromatic heterocycles. The number of hydrogen-bond donors (Lipinski definition) is 2. The maximum Gasteiger partial charge on any atom is 0.330 e. The Bertz CT molecular complexity index is 1580. The molecular formula is C24H28N8O4. The maximum atomic E-state index is 13.5. The monoisotopic (exact) mass is 492 g/mol. The number of carbonyl (C=O) groups is 1. The fourth-order valence-corrected chi connectivity index (χ4v) is 3.92. The van der Waals surface area contributed by atoms with Gasteiger partial charge in [0.05, 0.1) is 12.7 Å². The van der Waals surface area contributed by atoms with Crippen LogP contribution in [0.4, 0.5) is 11.5 Å². The van der Waals surface area contributed by atoms with Gasteiger partial charge in [0.15, 0.2) is 11.3 Å². The number of hydrogen-bond acceptors (Lipinski definition) is 7. The predicted molar refractivity (Wildman–Crippen MR) is 136 cm³/mol. The number of aromatic amines is 1. The molecule has 1 aromatic carbocycles. The molecule has 4 rings (SSSR count). The Morgan fingerprint density at radius 3 is 2.58 bits per heavy atom. The highest BCUT2D eigenvalue weighted by atomic mass is 16.2. The van der Waals surface area contributed by atoms with Crippen molar-refractivity contribution in [3.63, 3.8) is 0 Å². The molecule has 0 aliphatic rings. The van der Waals surface area contributed by atoms with Gasteiger partial charge in [-0.1, -0.05) is 44.2 Å². The van der Waals surface area contributed by atoms with E-state index in [-0.39, 0.29) is 42.4 Å². The standard InChI is InChI=1S/C24H28N8O4/c1-15(2)9-10-31(18(33)13-30-14-26-21-17(23(30)35)11-27-29(21)3)19-20(25)32(24(36)28-22(19)34)12-16-7-5-4-6-8-16/h4-8,11,14-15H,9-10,12-13,25H2,1-3H3,(H,28,34,36). The lowest BCUT2D eigenvalue weighted by Crippen LogP contribution is -2.44. The normalized spacial score (nSPS) is 11.3. The molecule has 12 nitrogen and oxygen atoms in total.